The molecule has 0 amide bonds. The molecule has 0 N–H and O–H groups in total. The van der Waals surface area contributed by atoms with Gasteiger partial charge >= 0.3 is 0 Å². The lowest BCUT2D eigenvalue weighted by molar-refractivity contribution is 0.669. The number of furan rings is 1. The fourth-order valence-corrected chi connectivity index (χ4v) is 8.79. The molecule has 6 heteroatoms. The van der Waals surface area contributed by atoms with E-state index in [2.05, 4.69) is 159 Å². The average Bonchev–Trinajstić information content (AvgIpc) is 4.03. The summed E-state index contributed by atoms with van der Waals surface area (Å²) < 4.78 is 13.5. The van der Waals surface area contributed by atoms with E-state index in [9.17, 15) is 0 Å². The first-order chi connectivity index (χ1) is 27.8. The van der Waals surface area contributed by atoms with E-state index in [1.165, 1.54) is 21.5 Å². The number of rotatable bonds is 5. The lowest BCUT2D eigenvalue weighted by Gasteiger charge is -2.17. The van der Waals surface area contributed by atoms with Crippen LogP contribution in [-0.2, 0) is 0 Å². The zero-order chi connectivity index (χ0) is 36.7. The highest BCUT2D eigenvalue weighted by molar-refractivity contribution is 6.24. The largest absolute Gasteiger partial charge is 0.456 e. The van der Waals surface area contributed by atoms with Crippen LogP contribution in [0.25, 0.3) is 105 Å². The molecule has 4 heterocycles. The van der Waals surface area contributed by atoms with Gasteiger partial charge in [0, 0.05) is 38.1 Å². The van der Waals surface area contributed by atoms with Crippen LogP contribution < -0.4 is 0 Å². The van der Waals surface area contributed by atoms with Gasteiger partial charge in [-0.15, -0.1) is 10.2 Å². The van der Waals surface area contributed by atoms with Crippen molar-refractivity contribution >= 4 is 65.6 Å². The van der Waals surface area contributed by atoms with Gasteiger partial charge in [-0.05, 0) is 54.6 Å². The van der Waals surface area contributed by atoms with E-state index in [4.69, 9.17) is 14.6 Å². The van der Waals surface area contributed by atoms with Crippen LogP contribution in [-0.4, -0.2) is 23.9 Å². The van der Waals surface area contributed by atoms with Crippen molar-refractivity contribution in [2.75, 3.05) is 0 Å². The maximum atomic E-state index is 6.47. The molecule has 0 bridgehead atoms. The van der Waals surface area contributed by atoms with Gasteiger partial charge in [0.15, 0.2) is 11.6 Å². The number of aromatic nitrogens is 5. The highest BCUT2D eigenvalue weighted by Crippen LogP contribution is 2.43. The predicted octanol–water partition coefficient (Wildman–Crippen LogP) is 12.7. The minimum atomic E-state index is 0.786. The number of fused-ring (bicyclic) bond motifs is 10. The third-order valence-corrected chi connectivity index (χ3v) is 11.2. The number of hydrogen-bond acceptors (Lipinski definition) is 3. The molecule has 6 nitrogen and oxygen atoms in total. The first-order valence-corrected chi connectivity index (χ1v) is 18.8. The van der Waals surface area contributed by atoms with Gasteiger partial charge in [0.05, 0.1) is 44.5 Å². The summed E-state index contributed by atoms with van der Waals surface area (Å²) in [6.45, 7) is 0. The molecule has 0 fully saturated rings. The summed E-state index contributed by atoms with van der Waals surface area (Å²) in [7, 11) is 0. The van der Waals surface area contributed by atoms with Crippen LogP contribution in [0.2, 0.25) is 0 Å². The molecule has 0 aliphatic carbocycles. The van der Waals surface area contributed by atoms with Crippen LogP contribution >= 0.6 is 0 Å². The molecule has 0 aliphatic rings. The Labute approximate surface area is 320 Å². The Hall–Kier alpha value is -7.70. The van der Waals surface area contributed by atoms with Gasteiger partial charge in [0.2, 0.25) is 0 Å². The van der Waals surface area contributed by atoms with Crippen LogP contribution in [0.1, 0.15) is 0 Å². The zero-order valence-corrected chi connectivity index (χ0v) is 30.0. The molecule has 0 saturated heterocycles. The number of para-hydroxylation sites is 5. The van der Waals surface area contributed by atoms with Crippen molar-refractivity contribution in [1.29, 1.82) is 0 Å². The standard InChI is InChI=1S/C50H31N5O/c1-3-15-32(16-4-1)49-51-52-50(33-17-5-2-6-18-33)53(49)34-27-28-37-35-19-7-10-22-40(35)54(44(37)31-34)42-24-12-13-25-43(42)55-41-23-11-8-20-36(41)38-29-30-46-47(48(38)55)39-21-9-14-26-45(39)56-46/h1-31H. The third-order valence-electron chi connectivity index (χ3n) is 11.2. The first kappa shape index (κ1) is 30.7. The smallest absolute Gasteiger partial charge is 0.168 e. The van der Waals surface area contributed by atoms with Crippen molar-refractivity contribution in [3.63, 3.8) is 0 Å². The summed E-state index contributed by atoms with van der Waals surface area (Å²) in [5.74, 6) is 1.57. The third kappa shape index (κ3) is 4.38. The van der Waals surface area contributed by atoms with Gasteiger partial charge in [-0.25, -0.2) is 0 Å². The van der Waals surface area contributed by atoms with Crippen LogP contribution in [0.3, 0.4) is 0 Å². The molecule has 56 heavy (non-hydrogen) atoms. The second-order valence-electron chi connectivity index (χ2n) is 14.2. The number of hydrogen-bond donors (Lipinski definition) is 0. The van der Waals surface area contributed by atoms with E-state index < -0.39 is 0 Å². The Bertz CT molecular complexity index is 3420. The molecule has 0 saturated carbocycles. The molecule has 0 atom stereocenters. The van der Waals surface area contributed by atoms with E-state index in [1.807, 2.05) is 42.5 Å². The molecule has 262 valence electrons. The van der Waals surface area contributed by atoms with Crippen LogP contribution in [0.5, 0.6) is 0 Å². The van der Waals surface area contributed by atoms with Crippen molar-refractivity contribution in [3.05, 3.63) is 188 Å². The Morgan fingerprint density at radius 2 is 0.875 bits per heavy atom. The molecule has 0 aliphatic heterocycles. The first-order valence-electron chi connectivity index (χ1n) is 18.8. The molecule has 8 aromatic carbocycles. The van der Waals surface area contributed by atoms with Crippen LogP contribution in [0.4, 0.5) is 0 Å². The Kier molecular flexibility index (Phi) is 6.53. The Morgan fingerprint density at radius 1 is 0.357 bits per heavy atom. The van der Waals surface area contributed by atoms with Gasteiger partial charge in [0.25, 0.3) is 0 Å². The Morgan fingerprint density at radius 3 is 1.57 bits per heavy atom. The van der Waals surface area contributed by atoms with Gasteiger partial charge in [0.1, 0.15) is 11.2 Å². The fraction of sp³-hybridized carbons (Fsp3) is 0. The summed E-state index contributed by atoms with van der Waals surface area (Å²) >= 11 is 0. The molecule has 12 rings (SSSR count). The van der Waals surface area contributed by atoms with E-state index in [1.54, 1.807) is 0 Å². The normalized spacial score (nSPS) is 11.9. The summed E-state index contributed by atoms with van der Waals surface area (Å²) in [5, 5.41) is 16.5. The highest BCUT2D eigenvalue weighted by Gasteiger charge is 2.23. The highest BCUT2D eigenvalue weighted by atomic mass is 16.3. The van der Waals surface area contributed by atoms with E-state index in [0.29, 0.717) is 0 Å². The quantitative estimate of drug-likeness (QED) is 0.178. The molecule has 0 radical (unpaired) electrons. The molecule has 0 unspecified atom stereocenters. The summed E-state index contributed by atoms with van der Waals surface area (Å²) in [5.41, 5.74) is 11.4. The molecular weight excluding hydrogens is 687 g/mol. The lowest BCUT2D eigenvalue weighted by Crippen LogP contribution is -2.04. The zero-order valence-electron chi connectivity index (χ0n) is 30.0. The van der Waals surface area contributed by atoms with Gasteiger partial charge < -0.3 is 13.6 Å². The molecule has 4 aromatic heterocycles. The van der Waals surface area contributed by atoms with Crippen LogP contribution in [0, 0.1) is 0 Å². The minimum absolute atomic E-state index is 0.786. The maximum Gasteiger partial charge on any atom is 0.168 e. The molecule has 12 aromatic rings. The second kappa shape index (κ2) is 11.9. The molecule has 0 spiro atoms. The molecular formula is C50H31N5O. The van der Waals surface area contributed by atoms with Gasteiger partial charge in [-0.3, -0.25) is 4.57 Å². The number of benzene rings is 8. The SMILES string of the molecule is c1ccc(-c2nnc(-c3ccccc3)n2-c2ccc3c4ccccc4n(-c4ccccc4-n4c5ccccc5c5ccc6oc7ccccc7c6c54)c3c2)cc1. The lowest BCUT2D eigenvalue weighted by atomic mass is 10.1. The second-order valence-corrected chi connectivity index (χ2v) is 14.2. The van der Waals surface area contributed by atoms with E-state index >= 15 is 0 Å². The average molecular weight is 718 g/mol. The van der Waals surface area contributed by atoms with Crippen molar-refractivity contribution < 1.29 is 4.42 Å². The minimum Gasteiger partial charge on any atom is -0.456 e. The van der Waals surface area contributed by atoms with Crippen molar-refractivity contribution in [3.8, 4) is 39.8 Å². The Balaban J connectivity index is 1.18. The van der Waals surface area contributed by atoms with Gasteiger partial charge in [-0.1, -0.05) is 133 Å². The van der Waals surface area contributed by atoms with Crippen molar-refractivity contribution in [1.82, 2.24) is 23.9 Å². The van der Waals surface area contributed by atoms with Crippen molar-refractivity contribution in [2.24, 2.45) is 0 Å². The monoisotopic (exact) mass is 717 g/mol. The van der Waals surface area contributed by atoms with E-state index in [-0.39, 0.29) is 0 Å². The van der Waals surface area contributed by atoms with Gasteiger partial charge in [-0.2, -0.15) is 0 Å². The van der Waals surface area contributed by atoms with Crippen molar-refractivity contribution in [2.45, 2.75) is 0 Å². The van der Waals surface area contributed by atoms with Crippen LogP contribution in [0.15, 0.2) is 192 Å². The summed E-state index contributed by atoms with van der Waals surface area (Å²) in [4.78, 5) is 0. The number of nitrogens with zero attached hydrogens (tertiary/aromatic N) is 5. The predicted molar refractivity (Wildman–Crippen MR) is 228 cm³/mol. The topological polar surface area (TPSA) is 53.7 Å². The fourth-order valence-electron chi connectivity index (χ4n) is 8.79. The maximum absolute atomic E-state index is 6.47. The summed E-state index contributed by atoms with van der Waals surface area (Å²) in [6, 6.07) is 66.2. The summed E-state index contributed by atoms with van der Waals surface area (Å²) in [6.07, 6.45) is 0. The van der Waals surface area contributed by atoms with E-state index in [0.717, 1.165) is 83.8 Å².